The molecule has 7 aromatic carbocycles. The highest BCUT2D eigenvalue weighted by molar-refractivity contribution is 5.86. The smallest absolute Gasteiger partial charge is 0.0465 e. The summed E-state index contributed by atoms with van der Waals surface area (Å²) in [5.74, 6) is 3.09. The molecule has 0 heterocycles. The van der Waals surface area contributed by atoms with Gasteiger partial charge in [0.1, 0.15) is 0 Å². The molecule has 0 radical (unpaired) electrons. The van der Waals surface area contributed by atoms with Gasteiger partial charge in [-0.15, -0.1) is 0 Å². The van der Waals surface area contributed by atoms with Crippen LogP contribution in [0.3, 0.4) is 0 Å². The number of anilines is 6. The Morgan fingerprint density at radius 1 is 0.390 bits per heavy atom. The summed E-state index contributed by atoms with van der Waals surface area (Å²) in [7, 11) is 0. The zero-order chi connectivity index (χ0) is 39.6. The molecule has 292 valence electrons. The van der Waals surface area contributed by atoms with Gasteiger partial charge in [-0.05, 0) is 175 Å². The maximum atomic E-state index is 2.52. The fraction of sp³-hybridized carbons (Fsp3) is 0.263. The SMILES string of the molecule is CCC1(CC)c2ccccc2-c2ccc(N(c3ccccc3)c3ccc(C4(c5ccc(N(c6ccccc6)c6ccccc6)cc5)C5CC6CC(C5)CC4C6)cc3)cc21. The molecule has 0 aliphatic heterocycles. The minimum atomic E-state index is 0.00752. The van der Waals surface area contributed by atoms with E-state index in [4.69, 9.17) is 0 Å². The van der Waals surface area contributed by atoms with Gasteiger partial charge in [0.15, 0.2) is 0 Å². The summed E-state index contributed by atoms with van der Waals surface area (Å²) in [6.07, 6.45) is 9.00. The number of fused-ring (bicyclic) bond motifs is 3. The maximum Gasteiger partial charge on any atom is 0.0465 e. The van der Waals surface area contributed by atoms with Gasteiger partial charge in [-0.2, -0.15) is 0 Å². The number of rotatable bonds is 10. The lowest BCUT2D eigenvalue weighted by molar-refractivity contribution is -0.0418. The molecule has 0 unspecified atom stereocenters. The Hall–Kier alpha value is -5.86. The largest absolute Gasteiger partial charge is 0.311 e. The Balaban J connectivity index is 1.01. The Kier molecular flexibility index (Phi) is 8.88. The second-order valence-electron chi connectivity index (χ2n) is 18.0. The lowest BCUT2D eigenvalue weighted by Gasteiger charge is -2.62. The van der Waals surface area contributed by atoms with Crippen LogP contribution >= 0.6 is 0 Å². The summed E-state index contributed by atoms with van der Waals surface area (Å²) in [6, 6.07) is 68.7. The van der Waals surface area contributed by atoms with Crippen molar-refractivity contribution in [3.05, 3.63) is 204 Å². The van der Waals surface area contributed by atoms with E-state index in [1.807, 2.05) is 0 Å². The molecule has 5 aliphatic carbocycles. The third-order valence-corrected chi connectivity index (χ3v) is 15.4. The topological polar surface area (TPSA) is 6.48 Å². The average Bonchev–Trinajstić information content (AvgIpc) is 3.57. The van der Waals surface area contributed by atoms with Crippen molar-refractivity contribution < 1.29 is 0 Å². The first-order valence-electron chi connectivity index (χ1n) is 22.3. The van der Waals surface area contributed by atoms with Gasteiger partial charge in [0.2, 0.25) is 0 Å². The van der Waals surface area contributed by atoms with Crippen molar-refractivity contribution >= 4 is 34.1 Å². The Morgan fingerprint density at radius 2 is 0.780 bits per heavy atom. The predicted molar refractivity (Wildman–Crippen MR) is 247 cm³/mol. The number of hydrogen-bond donors (Lipinski definition) is 0. The molecule has 0 saturated heterocycles. The van der Waals surface area contributed by atoms with Crippen molar-refractivity contribution in [2.24, 2.45) is 23.7 Å². The van der Waals surface area contributed by atoms with Crippen molar-refractivity contribution in [2.45, 2.75) is 69.6 Å². The number of para-hydroxylation sites is 3. The summed E-state index contributed by atoms with van der Waals surface area (Å²) >= 11 is 0. The van der Waals surface area contributed by atoms with Crippen LogP contribution in [0.1, 0.15) is 81.0 Å². The summed E-state index contributed by atoms with van der Waals surface area (Å²) in [4.78, 5) is 4.88. The van der Waals surface area contributed by atoms with E-state index in [0.717, 1.165) is 24.7 Å². The van der Waals surface area contributed by atoms with Gasteiger partial charge in [-0.1, -0.05) is 123 Å². The van der Waals surface area contributed by atoms with Gasteiger partial charge in [0, 0.05) is 45.0 Å². The van der Waals surface area contributed by atoms with E-state index in [9.17, 15) is 0 Å². The molecule has 5 aliphatic rings. The molecule has 2 heteroatoms. The van der Waals surface area contributed by atoms with Crippen LogP contribution in [0.15, 0.2) is 182 Å². The number of benzene rings is 7. The van der Waals surface area contributed by atoms with Crippen LogP contribution in [0.25, 0.3) is 11.1 Å². The zero-order valence-electron chi connectivity index (χ0n) is 34.5. The fourth-order valence-corrected chi connectivity index (χ4v) is 13.0. The van der Waals surface area contributed by atoms with Crippen molar-refractivity contribution in [3.63, 3.8) is 0 Å². The first kappa shape index (κ1) is 36.2. The highest BCUT2D eigenvalue weighted by Crippen LogP contribution is 2.65. The van der Waals surface area contributed by atoms with Crippen molar-refractivity contribution in [3.8, 4) is 11.1 Å². The molecule has 0 N–H and O–H groups in total. The summed E-state index contributed by atoms with van der Waals surface area (Å²) in [5, 5.41) is 0. The molecule has 0 atom stereocenters. The summed E-state index contributed by atoms with van der Waals surface area (Å²) in [5.41, 5.74) is 15.9. The second kappa shape index (κ2) is 14.5. The maximum absolute atomic E-state index is 2.52. The van der Waals surface area contributed by atoms with Crippen LogP contribution in [0.4, 0.5) is 34.1 Å². The van der Waals surface area contributed by atoms with Crippen LogP contribution in [0.2, 0.25) is 0 Å². The minimum absolute atomic E-state index is 0.00752. The molecule has 12 rings (SSSR count). The van der Waals surface area contributed by atoms with E-state index in [-0.39, 0.29) is 10.8 Å². The van der Waals surface area contributed by atoms with Crippen LogP contribution < -0.4 is 9.80 Å². The van der Waals surface area contributed by atoms with Crippen LogP contribution in [0, 0.1) is 23.7 Å². The van der Waals surface area contributed by atoms with E-state index in [1.54, 1.807) is 0 Å². The average molecular weight is 767 g/mol. The zero-order valence-corrected chi connectivity index (χ0v) is 34.5. The molecule has 0 aromatic heterocycles. The monoisotopic (exact) mass is 766 g/mol. The normalized spacial score (nSPS) is 23.1. The molecule has 0 spiro atoms. The molecule has 4 bridgehead atoms. The summed E-state index contributed by atoms with van der Waals surface area (Å²) in [6.45, 7) is 4.73. The third kappa shape index (κ3) is 5.66. The highest BCUT2D eigenvalue weighted by atomic mass is 15.1. The van der Waals surface area contributed by atoms with E-state index in [2.05, 4.69) is 206 Å². The van der Waals surface area contributed by atoms with E-state index in [0.29, 0.717) is 11.8 Å². The molecule has 7 aromatic rings. The van der Waals surface area contributed by atoms with Gasteiger partial charge in [0.25, 0.3) is 0 Å². The van der Waals surface area contributed by atoms with Crippen molar-refractivity contribution in [1.29, 1.82) is 0 Å². The first-order valence-corrected chi connectivity index (χ1v) is 22.3. The predicted octanol–water partition coefficient (Wildman–Crippen LogP) is 15.5. The molecule has 59 heavy (non-hydrogen) atoms. The molecular formula is C57H54N2. The third-order valence-electron chi connectivity index (χ3n) is 15.4. The van der Waals surface area contributed by atoms with Gasteiger partial charge in [-0.3, -0.25) is 0 Å². The van der Waals surface area contributed by atoms with E-state index >= 15 is 0 Å². The Morgan fingerprint density at radius 3 is 1.25 bits per heavy atom. The van der Waals surface area contributed by atoms with Crippen molar-refractivity contribution in [1.82, 2.24) is 0 Å². The van der Waals surface area contributed by atoms with Gasteiger partial charge in [-0.25, -0.2) is 0 Å². The Bertz CT molecular complexity index is 2500. The van der Waals surface area contributed by atoms with E-state index in [1.165, 1.54) is 99.6 Å². The lowest BCUT2D eigenvalue weighted by Crippen LogP contribution is -2.56. The minimum Gasteiger partial charge on any atom is -0.311 e. The fourth-order valence-electron chi connectivity index (χ4n) is 13.0. The lowest BCUT2D eigenvalue weighted by atomic mass is 9.42. The number of nitrogens with zero attached hydrogens (tertiary/aromatic N) is 2. The van der Waals surface area contributed by atoms with Gasteiger partial charge in [0.05, 0.1) is 0 Å². The first-order chi connectivity index (χ1) is 29.1. The van der Waals surface area contributed by atoms with E-state index < -0.39 is 0 Å². The molecular weight excluding hydrogens is 713 g/mol. The quantitative estimate of drug-likeness (QED) is 0.137. The molecule has 4 fully saturated rings. The van der Waals surface area contributed by atoms with Crippen LogP contribution in [-0.2, 0) is 10.8 Å². The molecule has 0 amide bonds. The van der Waals surface area contributed by atoms with Gasteiger partial charge < -0.3 is 9.80 Å². The standard InChI is InChI=1S/C57H54N2/c1-3-56(4-2)54-23-15-14-22-52(54)53-33-32-51(39-55(53)56)59(48-20-12-7-13-21-48)50-30-26-43(27-31-50)57(44-35-40-34-41(37-44)38-45(57)36-40)42-24-28-49(29-25-42)58(46-16-8-5-9-17-46)47-18-10-6-11-19-47/h5-33,39-41,44-45H,3-4,34-38H2,1-2H3. The number of hydrogen-bond acceptors (Lipinski definition) is 2. The summed E-state index contributed by atoms with van der Waals surface area (Å²) < 4.78 is 0. The van der Waals surface area contributed by atoms with Gasteiger partial charge >= 0.3 is 0 Å². The second-order valence-corrected chi connectivity index (χ2v) is 18.0. The van der Waals surface area contributed by atoms with Crippen molar-refractivity contribution in [2.75, 3.05) is 9.80 Å². The van der Waals surface area contributed by atoms with Crippen LogP contribution in [0.5, 0.6) is 0 Å². The molecule has 2 nitrogen and oxygen atoms in total. The Labute approximate surface area is 351 Å². The van der Waals surface area contributed by atoms with Crippen LogP contribution in [-0.4, -0.2) is 0 Å². The molecule has 4 saturated carbocycles. The highest BCUT2D eigenvalue weighted by Gasteiger charge is 2.58.